The first kappa shape index (κ1) is 18.3. The first-order valence-corrected chi connectivity index (χ1v) is 8.41. The van der Waals surface area contributed by atoms with Crippen molar-refractivity contribution in [3.8, 4) is 0 Å². The summed E-state index contributed by atoms with van der Waals surface area (Å²) in [6.45, 7) is 1.77. The van der Waals surface area contributed by atoms with Crippen LogP contribution < -0.4 is 5.32 Å². The average molecular weight is 366 g/mol. The second-order valence-electron chi connectivity index (χ2n) is 6.25. The number of carbonyl (C=O) groups is 2. The van der Waals surface area contributed by atoms with Crippen LogP contribution in [-0.2, 0) is 20.9 Å². The SMILES string of the molecule is CC1=C(C(=O)OCc2ccccc2)[C@@H](c2ccc([N+](=O)[O-])cc2)CC(=O)N1. The molecule has 0 saturated heterocycles. The van der Waals surface area contributed by atoms with Crippen molar-refractivity contribution in [2.75, 3.05) is 0 Å². The minimum absolute atomic E-state index is 0.0482. The Kier molecular flexibility index (Phi) is 5.30. The summed E-state index contributed by atoms with van der Waals surface area (Å²) < 4.78 is 5.43. The lowest BCUT2D eigenvalue weighted by Gasteiger charge is -2.26. The highest BCUT2D eigenvalue weighted by atomic mass is 16.6. The van der Waals surface area contributed by atoms with Crippen LogP contribution in [0.1, 0.15) is 30.4 Å². The molecular weight excluding hydrogens is 348 g/mol. The molecule has 138 valence electrons. The van der Waals surface area contributed by atoms with Gasteiger partial charge in [0.15, 0.2) is 0 Å². The van der Waals surface area contributed by atoms with Gasteiger partial charge < -0.3 is 10.1 Å². The van der Waals surface area contributed by atoms with E-state index in [1.54, 1.807) is 19.1 Å². The lowest BCUT2D eigenvalue weighted by Crippen LogP contribution is -2.34. The number of benzene rings is 2. The van der Waals surface area contributed by atoms with E-state index in [4.69, 9.17) is 4.74 Å². The minimum Gasteiger partial charge on any atom is -0.457 e. The molecule has 7 nitrogen and oxygen atoms in total. The molecule has 1 N–H and O–H groups in total. The molecule has 1 amide bonds. The summed E-state index contributed by atoms with van der Waals surface area (Å²) in [7, 11) is 0. The first-order chi connectivity index (χ1) is 13.0. The Morgan fingerprint density at radius 3 is 2.48 bits per heavy atom. The minimum atomic E-state index is -0.514. The van der Waals surface area contributed by atoms with Gasteiger partial charge in [0.1, 0.15) is 6.61 Å². The van der Waals surface area contributed by atoms with E-state index in [2.05, 4.69) is 5.32 Å². The molecule has 0 aliphatic carbocycles. The van der Waals surface area contributed by atoms with Crippen LogP contribution in [-0.4, -0.2) is 16.8 Å². The average Bonchev–Trinajstić information content (AvgIpc) is 2.66. The van der Waals surface area contributed by atoms with Gasteiger partial charge in [-0.15, -0.1) is 0 Å². The van der Waals surface area contributed by atoms with E-state index >= 15 is 0 Å². The number of nitro groups is 1. The van der Waals surface area contributed by atoms with E-state index in [0.29, 0.717) is 16.8 Å². The first-order valence-electron chi connectivity index (χ1n) is 8.41. The molecule has 3 rings (SSSR count). The van der Waals surface area contributed by atoms with Crippen LogP contribution in [0.3, 0.4) is 0 Å². The maximum Gasteiger partial charge on any atom is 0.336 e. The van der Waals surface area contributed by atoms with Gasteiger partial charge in [-0.2, -0.15) is 0 Å². The fourth-order valence-electron chi connectivity index (χ4n) is 3.09. The molecule has 2 aromatic rings. The van der Waals surface area contributed by atoms with Gasteiger partial charge in [0.2, 0.25) is 5.91 Å². The molecule has 1 aliphatic heterocycles. The molecule has 0 spiro atoms. The number of rotatable bonds is 5. The molecule has 1 atom stereocenters. The number of carbonyl (C=O) groups excluding carboxylic acids is 2. The number of nitro benzene ring substituents is 1. The summed E-state index contributed by atoms with van der Waals surface area (Å²) in [6, 6.07) is 15.2. The number of hydrogen-bond donors (Lipinski definition) is 1. The molecule has 0 saturated carbocycles. The fourth-order valence-corrected chi connectivity index (χ4v) is 3.09. The van der Waals surface area contributed by atoms with Crippen molar-refractivity contribution in [3.63, 3.8) is 0 Å². The van der Waals surface area contributed by atoms with Gasteiger partial charge >= 0.3 is 5.97 Å². The van der Waals surface area contributed by atoms with Crippen molar-refractivity contribution in [2.45, 2.75) is 25.9 Å². The Morgan fingerprint density at radius 2 is 1.85 bits per heavy atom. The van der Waals surface area contributed by atoms with E-state index in [0.717, 1.165) is 5.56 Å². The third-order valence-corrected chi connectivity index (χ3v) is 4.41. The highest BCUT2D eigenvalue weighted by molar-refractivity contribution is 5.95. The molecule has 7 heteroatoms. The van der Waals surface area contributed by atoms with Crippen LogP contribution in [0.25, 0.3) is 0 Å². The number of hydrogen-bond acceptors (Lipinski definition) is 5. The zero-order chi connectivity index (χ0) is 19.4. The summed E-state index contributed by atoms with van der Waals surface area (Å²) in [6.07, 6.45) is 0.0743. The van der Waals surface area contributed by atoms with Crippen molar-refractivity contribution in [1.82, 2.24) is 5.32 Å². The van der Waals surface area contributed by atoms with Crippen LogP contribution in [0, 0.1) is 10.1 Å². The molecule has 2 aromatic carbocycles. The number of ether oxygens (including phenoxy) is 1. The summed E-state index contributed by atoms with van der Waals surface area (Å²) in [5, 5.41) is 13.5. The van der Waals surface area contributed by atoms with E-state index in [1.165, 1.54) is 12.1 Å². The van der Waals surface area contributed by atoms with Crippen LogP contribution in [0.15, 0.2) is 65.9 Å². The quantitative estimate of drug-likeness (QED) is 0.498. The molecule has 1 heterocycles. The normalized spacial score (nSPS) is 16.6. The topological polar surface area (TPSA) is 98.5 Å². The van der Waals surface area contributed by atoms with E-state index in [-0.39, 0.29) is 24.6 Å². The third kappa shape index (κ3) is 4.20. The fraction of sp³-hybridized carbons (Fsp3) is 0.200. The van der Waals surface area contributed by atoms with Gasteiger partial charge in [0, 0.05) is 30.2 Å². The van der Waals surface area contributed by atoms with Gasteiger partial charge in [0.25, 0.3) is 5.69 Å². The van der Waals surface area contributed by atoms with Gasteiger partial charge in [-0.25, -0.2) is 4.79 Å². The number of nitrogens with zero attached hydrogens (tertiary/aromatic N) is 1. The smallest absolute Gasteiger partial charge is 0.336 e. The van der Waals surface area contributed by atoms with Crippen molar-refractivity contribution < 1.29 is 19.2 Å². The van der Waals surface area contributed by atoms with Gasteiger partial charge in [0.05, 0.1) is 10.5 Å². The molecule has 0 radical (unpaired) electrons. The van der Waals surface area contributed by atoms with Crippen molar-refractivity contribution in [3.05, 3.63) is 87.1 Å². The monoisotopic (exact) mass is 366 g/mol. The highest BCUT2D eigenvalue weighted by Gasteiger charge is 2.33. The Labute approximate surface area is 155 Å². The molecule has 1 aliphatic rings. The second-order valence-corrected chi connectivity index (χ2v) is 6.25. The Bertz CT molecular complexity index is 904. The maximum absolute atomic E-state index is 12.7. The standard InChI is InChI=1S/C20H18N2O5/c1-13-19(20(24)27-12-14-5-3-2-4-6-14)17(11-18(23)21-13)15-7-9-16(10-8-15)22(25)26/h2-10,17H,11-12H2,1H3,(H,21,23)/t17-/m1/s1. The number of nitrogens with one attached hydrogen (secondary N) is 1. The van der Waals surface area contributed by atoms with E-state index in [9.17, 15) is 19.7 Å². The molecule has 0 aromatic heterocycles. The lowest BCUT2D eigenvalue weighted by atomic mass is 9.84. The molecular formula is C20H18N2O5. The number of non-ortho nitro benzene ring substituents is 1. The predicted molar refractivity (Wildman–Crippen MR) is 97.5 cm³/mol. The number of esters is 1. The molecule has 27 heavy (non-hydrogen) atoms. The summed E-state index contributed by atoms with van der Waals surface area (Å²) in [5.41, 5.74) is 2.26. The zero-order valence-corrected chi connectivity index (χ0v) is 14.7. The van der Waals surface area contributed by atoms with Crippen LogP contribution in [0.4, 0.5) is 5.69 Å². The van der Waals surface area contributed by atoms with Crippen LogP contribution >= 0.6 is 0 Å². The highest BCUT2D eigenvalue weighted by Crippen LogP contribution is 2.34. The van der Waals surface area contributed by atoms with Gasteiger partial charge in [-0.3, -0.25) is 14.9 Å². The predicted octanol–water partition coefficient (Wildman–Crippen LogP) is 3.22. The van der Waals surface area contributed by atoms with Crippen molar-refractivity contribution >= 4 is 17.6 Å². The molecule has 0 fully saturated rings. The largest absolute Gasteiger partial charge is 0.457 e. The van der Waals surface area contributed by atoms with E-state index in [1.807, 2.05) is 30.3 Å². The Hall–Kier alpha value is -3.48. The van der Waals surface area contributed by atoms with Gasteiger partial charge in [-0.05, 0) is 18.1 Å². The van der Waals surface area contributed by atoms with E-state index < -0.39 is 16.8 Å². The third-order valence-electron chi connectivity index (χ3n) is 4.41. The van der Waals surface area contributed by atoms with Crippen molar-refractivity contribution in [1.29, 1.82) is 0 Å². The van der Waals surface area contributed by atoms with Gasteiger partial charge in [-0.1, -0.05) is 42.5 Å². The molecule has 0 unspecified atom stereocenters. The van der Waals surface area contributed by atoms with Crippen LogP contribution in [0.2, 0.25) is 0 Å². The van der Waals surface area contributed by atoms with Crippen LogP contribution in [0.5, 0.6) is 0 Å². The maximum atomic E-state index is 12.7. The molecule has 0 bridgehead atoms. The number of amides is 1. The Morgan fingerprint density at radius 1 is 1.19 bits per heavy atom. The summed E-state index contributed by atoms with van der Waals surface area (Å²) >= 11 is 0. The lowest BCUT2D eigenvalue weighted by molar-refractivity contribution is -0.384. The Balaban J connectivity index is 1.85. The summed E-state index contributed by atoms with van der Waals surface area (Å²) in [5.74, 6) is -1.24. The zero-order valence-electron chi connectivity index (χ0n) is 14.7. The second kappa shape index (κ2) is 7.82. The number of allylic oxidation sites excluding steroid dienone is 1. The van der Waals surface area contributed by atoms with Crippen molar-refractivity contribution in [2.24, 2.45) is 0 Å². The summed E-state index contributed by atoms with van der Waals surface area (Å²) in [4.78, 5) is 35.0.